The number of carbonyl (C=O) groups is 1. The van der Waals surface area contributed by atoms with E-state index in [2.05, 4.69) is 21.0 Å². The van der Waals surface area contributed by atoms with Crippen molar-refractivity contribution in [3.8, 4) is 0 Å². The Kier molecular flexibility index (Phi) is 5.99. The number of carbonyl (C=O) groups excluding carboxylic acids is 1. The van der Waals surface area contributed by atoms with Crippen LogP contribution in [0.5, 0.6) is 0 Å². The third-order valence-corrected chi connectivity index (χ3v) is 3.24. The molecule has 0 aliphatic carbocycles. The number of aromatic carboxylic acids is 1. The second kappa shape index (κ2) is 7.26. The molecule has 0 aliphatic heterocycles. The van der Waals surface area contributed by atoms with Crippen LogP contribution >= 0.6 is 0 Å². The van der Waals surface area contributed by atoms with E-state index in [1.807, 2.05) is 12.1 Å². The summed E-state index contributed by atoms with van der Waals surface area (Å²) in [6.07, 6.45) is 2.23. The van der Waals surface area contributed by atoms with Gasteiger partial charge in [0.25, 0.3) is 0 Å². The Morgan fingerprint density at radius 2 is 1.84 bits per heavy atom. The van der Waals surface area contributed by atoms with E-state index < -0.39 is 5.97 Å². The lowest BCUT2D eigenvalue weighted by Gasteiger charge is -2.29. The van der Waals surface area contributed by atoms with Crippen molar-refractivity contribution >= 4 is 11.7 Å². The molecule has 1 rings (SSSR count). The maximum atomic E-state index is 10.7. The number of benzene rings is 1. The van der Waals surface area contributed by atoms with Crippen LogP contribution in [0.25, 0.3) is 0 Å². The molecule has 0 radical (unpaired) electrons. The van der Waals surface area contributed by atoms with Crippen LogP contribution in [0.4, 0.5) is 5.69 Å². The Labute approximate surface area is 115 Å². The van der Waals surface area contributed by atoms with E-state index in [9.17, 15) is 9.90 Å². The number of nitrogens with zero attached hydrogens (tertiary/aromatic N) is 1. The fourth-order valence-corrected chi connectivity index (χ4v) is 1.77. The number of rotatable bonds is 8. The molecule has 0 aliphatic rings. The number of hydrogen-bond donors (Lipinski definition) is 0. The van der Waals surface area contributed by atoms with Gasteiger partial charge in [0.2, 0.25) is 0 Å². The molecular weight excluding hydrogens is 242 g/mol. The van der Waals surface area contributed by atoms with E-state index in [0.29, 0.717) is 11.1 Å². The highest BCUT2D eigenvalue weighted by atomic mass is 16.5. The molecule has 0 spiro atoms. The minimum Gasteiger partial charge on any atom is -0.545 e. The first-order valence-corrected chi connectivity index (χ1v) is 6.70. The molecule has 0 saturated heterocycles. The number of carboxylic acid groups (broad SMARTS) is 1. The van der Waals surface area contributed by atoms with E-state index in [1.54, 1.807) is 12.1 Å². The third kappa shape index (κ3) is 5.01. The second-order valence-electron chi connectivity index (χ2n) is 5.21. The van der Waals surface area contributed by atoms with Crippen molar-refractivity contribution in [2.24, 2.45) is 0 Å². The minimum absolute atomic E-state index is 0.211. The summed E-state index contributed by atoms with van der Waals surface area (Å²) in [7, 11) is 4.16. The number of quaternary nitrogens is 1. The topological polar surface area (TPSA) is 49.4 Å². The van der Waals surface area contributed by atoms with Gasteiger partial charge in [-0.15, -0.1) is 0 Å². The molecule has 0 fully saturated rings. The second-order valence-corrected chi connectivity index (χ2v) is 5.21. The molecule has 0 N–H and O–H groups in total. The monoisotopic (exact) mass is 265 g/mol. The average molecular weight is 265 g/mol. The summed E-state index contributed by atoms with van der Waals surface area (Å²) in [6.45, 7) is 4.51. The molecule has 106 valence electrons. The van der Waals surface area contributed by atoms with Gasteiger partial charge in [0.1, 0.15) is 12.2 Å². The molecule has 0 aromatic heterocycles. The SMILES string of the molecule is CCCCOCC[N+](C)(C)c1ccc(C(=O)[O-])cc1. The van der Waals surface area contributed by atoms with Gasteiger partial charge in [-0.1, -0.05) is 13.3 Å². The molecule has 0 saturated carbocycles. The molecule has 0 atom stereocenters. The Balaban J connectivity index is 2.53. The zero-order valence-corrected chi connectivity index (χ0v) is 12.0. The van der Waals surface area contributed by atoms with Crippen LogP contribution in [0.3, 0.4) is 0 Å². The fourth-order valence-electron chi connectivity index (χ4n) is 1.77. The summed E-state index contributed by atoms with van der Waals surface area (Å²) in [5, 5.41) is 10.7. The Hall–Kier alpha value is -1.39. The lowest BCUT2D eigenvalue weighted by molar-refractivity contribution is -0.255. The summed E-state index contributed by atoms with van der Waals surface area (Å²) >= 11 is 0. The zero-order valence-electron chi connectivity index (χ0n) is 12.0. The van der Waals surface area contributed by atoms with Gasteiger partial charge in [-0.2, -0.15) is 0 Å². The average Bonchev–Trinajstić information content (AvgIpc) is 2.38. The van der Waals surface area contributed by atoms with Gasteiger partial charge >= 0.3 is 0 Å². The maximum Gasteiger partial charge on any atom is 0.132 e. The highest BCUT2D eigenvalue weighted by molar-refractivity contribution is 5.86. The van der Waals surface area contributed by atoms with Crippen LogP contribution in [0.1, 0.15) is 30.1 Å². The molecular formula is C15H23NO3. The Bertz CT molecular complexity index is 398. The van der Waals surface area contributed by atoms with Crippen LogP contribution in [0, 0.1) is 0 Å². The first-order chi connectivity index (χ1) is 8.97. The van der Waals surface area contributed by atoms with E-state index in [1.165, 1.54) is 0 Å². The molecule has 0 heterocycles. The number of unbranched alkanes of at least 4 members (excludes halogenated alkanes) is 1. The van der Waals surface area contributed by atoms with Crippen molar-refractivity contribution in [1.29, 1.82) is 0 Å². The first kappa shape index (κ1) is 15.7. The molecule has 0 amide bonds. The Morgan fingerprint density at radius 3 is 2.37 bits per heavy atom. The van der Waals surface area contributed by atoms with E-state index in [0.717, 1.165) is 31.7 Å². The van der Waals surface area contributed by atoms with E-state index >= 15 is 0 Å². The summed E-state index contributed by atoms with van der Waals surface area (Å²) in [5.74, 6) is -1.14. The van der Waals surface area contributed by atoms with Gasteiger partial charge in [-0.3, -0.25) is 4.48 Å². The predicted octanol–water partition coefficient (Wildman–Crippen LogP) is 1.43. The quantitative estimate of drug-likeness (QED) is 0.528. The molecule has 19 heavy (non-hydrogen) atoms. The highest BCUT2D eigenvalue weighted by Gasteiger charge is 2.18. The summed E-state index contributed by atoms with van der Waals surface area (Å²) in [5.41, 5.74) is 1.27. The van der Waals surface area contributed by atoms with Crippen molar-refractivity contribution < 1.29 is 14.6 Å². The normalized spacial score (nSPS) is 11.5. The molecule has 4 nitrogen and oxygen atoms in total. The molecule has 4 heteroatoms. The van der Waals surface area contributed by atoms with Crippen LogP contribution in [0.15, 0.2) is 24.3 Å². The van der Waals surface area contributed by atoms with Gasteiger partial charge < -0.3 is 14.6 Å². The van der Waals surface area contributed by atoms with Crippen LogP contribution < -0.4 is 9.59 Å². The maximum absolute atomic E-state index is 10.7. The standard InChI is InChI=1S/C15H23NO3/c1-4-5-11-19-12-10-16(2,3)14-8-6-13(7-9-14)15(17)18/h6-9H,4-5,10-12H2,1-3H3. The van der Waals surface area contributed by atoms with E-state index in [-0.39, 0.29) is 5.56 Å². The number of ether oxygens (including phenoxy) is 1. The zero-order chi connectivity index (χ0) is 14.3. The molecule has 0 unspecified atom stereocenters. The fraction of sp³-hybridized carbons (Fsp3) is 0.533. The highest BCUT2D eigenvalue weighted by Crippen LogP contribution is 2.19. The van der Waals surface area contributed by atoms with Crippen LogP contribution in [-0.2, 0) is 4.74 Å². The predicted molar refractivity (Wildman–Crippen MR) is 75.0 cm³/mol. The summed E-state index contributed by atoms with van der Waals surface area (Å²) in [6, 6.07) is 6.83. The van der Waals surface area contributed by atoms with Crippen LogP contribution in [-0.4, -0.2) is 39.8 Å². The van der Waals surface area contributed by atoms with Gasteiger partial charge in [-0.05, 0) is 36.2 Å². The van der Waals surface area contributed by atoms with Crippen molar-refractivity contribution in [2.75, 3.05) is 33.9 Å². The lowest BCUT2D eigenvalue weighted by atomic mass is 10.2. The largest absolute Gasteiger partial charge is 0.545 e. The number of hydrogen-bond acceptors (Lipinski definition) is 3. The van der Waals surface area contributed by atoms with Gasteiger partial charge in [0.15, 0.2) is 0 Å². The van der Waals surface area contributed by atoms with Gasteiger partial charge in [0.05, 0.1) is 26.7 Å². The van der Waals surface area contributed by atoms with Crippen molar-refractivity contribution in [3.05, 3.63) is 29.8 Å². The third-order valence-electron chi connectivity index (χ3n) is 3.24. The summed E-state index contributed by atoms with van der Waals surface area (Å²) < 4.78 is 6.24. The van der Waals surface area contributed by atoms with Gasteiger partial charge in [0, 0.05) is 6.61 Å². The smallest absolute Gasteiger partial charge is 0.132 e. The molecule has 1 aromatic carbocycles. The molecule has 0 bridgehead atoms. The summed E-state index contributed by atoms with van der Waals surface area (Å²) in [4.78, 5) is 10.7. The van der Waals surface area contributed by atoms with Crippen molar-refractivity contribution in [1.82, 2.24) is 4.48 Å². The van der Waals surface area contributed by atoms with Crippen LogP contribution in [0.2, 0.25) is 0 Å². The lowest BCUT2D eigenvalue weighted by Crippen LogP contribution is -2.43. The molecule has 1 aromatic rings. The number of likely N-dealkylation sites (N-methyl/N-ethyl adjacent to an activating group) is 1. The number of carboxylic acids is 1. The minimum atomic E-state index is -1.14. The first-order valence-electron chi connectivity index (χ1n) is 6.70. The van der Waals surface area contributed by atoms with Crippen molar-refractivity contribution in [3.63, 3.8) is 0 Å². The Morgan fingerprint density at radius 1 is 1.21 bits per heavy atom. The van der Waals surface area contributed by atoms with Crippen molar-refractivity contribution in [2.45, 2.75) is 19.8 Å². The van der Waals surface area contributed by atoms with Gasteiger partial charge in [-0.25, -0.2) is 0 Å². The van der Waals surface area contributed by atoms with E-state index in [4.69, 9.17) is 4.74 Å².